The van der Waals surface area contributed by atoms with Crippen LogP contribution in [0, 0.1) is 5.92 Å². The van der Waals surface area contributed by atoms with E-state index in [0.29, 0.717) is 22.4 Å². The first-order valence-corrected chi connectivity index (χ1v) is 7.63. The molecule has 0 saturated heterocycles. The van der Waals surface area contributed by atoms with Gasteiger partial charge in [-0.15, -0.1) is 0 Å². The van der Waals surface area contributed by atoms with Gasteiger partial charge in [-0.05, 0) is 24.0 Å². The first-order chi connectivity index (χ1) is 9.58. The molecule has 20 heavy (non-hydrogen) atoms. The molecule has 0 aliphatic carbocycles. The lowest BCUT2D eigenvalue weighted by atomic mass is 9.87. The van der Waals surface area contributed by atoms with E-state index in [1.807, 2.05) is 6.07 Å². The van der Waals surface area contributed by atoms with Crippen molar-refractivity contribution in [2.75, 3.05) is 14.2 Å². The molecule has 0 aliphatic rings. The van der Waals surface area contributed by atoms with Gasteiger partial charge >= 0.3 is 0 Å². The summed E-state index contributed by atoms with van der Waals surface area (Å²) in [5, 5.41) is 0.644. The van der Waals surface area contributed by atoms with Crippen molar-refractivity contribution in [3.8, 4) is 11.5 Å². The van der Waals surface area contributed by atoms with E-state index in [4.69, 9.17) is 26.8 Å². The average molecular weight is 300 g/mol. The van der Waals surface area contributed by atoms with E-state index in [1.54, 1.807) is 20.3 Å². The lowest BCUT2D eigenvalue weighted by Crippen LogP contribution is -2.21. The quantitative estimate of drug-likeness (QED) is 0.764. The summed E-state index contributed by atoms with van der Waals surface area (Å²) in [5.74, 6) is 1.74. The predicted octanol–water partition coefficient (Wildman–Crippen LogP) is 4.57. The summed E-state index contributed by atoms with van der Waals surface area (Å²) in [7, 11) is 3.22. The van der Waals surface area contributed by atoms with Crippen LogP contribution in [0.5, 0.6) is 11.5 Å². The van der Waals surface area contributed by atoms with Crippen molar-refractivity contribution in [3.63, 3.8) is 0 Å². The Bertz CT molecular complexity index is 423. The van der Waals surface area contributed by atoms with Gasteiger partial charge in [-0.25, -0.2) is 0 Å². The topological polar surface area (TPSA) is 44.5 Å². The van der Waals surface area contributed by atoms with Crippen molar-refractivity contribution in [2.45, 2.75) is 45.6 Å². The van der Waals surface area contributed by atoms with Crippen LogP contribution in [0.2, 0.25) is 5.02 Å². The third kappa shape index (κ3) is 4.03. The lowest BCUT2D eigenvalue weighted by molar-refractivity contribution is 0.350. The fourth-order valence-corrected chi connectivity index (χ4v) is 2.76. The standard InChI is InChI=1S/C16H26ClNO2/c1-5-7-8-11(6-2)16(18)12-9-14(19-3)15(20-4)10-13(12)17/h9-11,16H,5-8,18H2,1-4H3. The summed E-state index contributed by atoms with van der Waals surface area (Å²) in [6.45, 7) is 4.37. The molecule has 2 N–H and O–H groups in total. The Morgan fingerprint density at radius 3 is 2.25 bits per heavy atom. The van der Waals surface area contributed by atoms with E-state index in [1.165, 1.54) is 12.8 Å². The minimum Gasteiger partial charge on any atom is -0.493 e. The number of hydrogen-bond donors (Lipinski definition) is 1. The van der Waals surface area contributed by atoms with Crippen LogP contribution in [-0.4, -0.2) is 14.2 Å². The summed E-state index contributed by atoms with van der Waals surface area (Å²) in [6, 6.07) is 3.61. The SMILES string of the molecule is CCCCC(CC)C(N)c1cc(OC)c(OC)cc1Cl. The highest BCUT2D eigenvalue weighted by Gasteiger charge is 2.22. The molecule has 0 radical (unpaired) electrons. The highest BCUT2D eigenvalue weighted by molar-refractivity contribution is 6.31. The largest absolute Gasteiger partial charge is 0.493 e. The predicted molar refractivity (Wildman–Crippen MR) is 84.8 cm³/mol. The van der Waals surface area contributed by atoms with Gasteiger partial charge in [-0.3, -0.25) is 0 Å². The van der Waals surface area contributed by atoms with Crippen molar-refractivity contribution >= 4 is 11.6 Å². The average Bonchev–Trinajstić information content (AvgIpc) is 2.47. The van der Waals surface area contributed by atoms with Gasteiger partial charge in [-0.1, -0.05) is 44.7 Å². The molecule has 2 unspecified atom stereocenters. The first-order valence-electron chi connectivity index (χ1n) is 7.25. The second-order valence-corrected chi connectivity index (χ2v) is 5.47. The normalized spacial score (nSPS) is 13.9. The minimum absolute atomic E-state index is 0.0705. The summed E-state index contributed by atoms with van der Waals surface area (Å²) < 4.78 is 10.6. The molecule has 1 aromatic rings. The highest BCUT2D eigenvalue weighted by Crippen LogP contribution is 2.38. The van der Waals surface area contributed by atoms with Crippen LogP contribution < -0.4 is 15.2 Å². The number of methoxy groups -OCH3 is 2. The number of hydrogen-bond acceptors (Lipinski definition) is 3. The smallest absolute Gasteiger partial charge is 0.162 e. The fourth-order valence-electron chi connectivity index (χ4n) is 2.48. The second kappa shape index (κ2) is 8.38. The van der Waals surface area contributed by atoms with Crippen molar-refractivity contribution in [3.05, 3.63) is 22.7 Å². The van der Waals surface area contributed by atoms with Crippen molar-refractivity contribution in [1.29, 1.82) is 0 Å². The molecule has 0 fully saturated rings. The third-order valence-electron chi connectivity index (χ3n) is 3.82. The van der Waals surface area contributed by atoms with Crippen molar-refractivity contribution < 1.29 is 9.47 Å². The van der Waals surface area contributed by atoms with E-state index in [-0.39, 0.29) is 6.04 Å². The molecule has 0 aliphatic heterocycles. The Labute approximate surface area is 127 Å². The van der Waals surface area contributed by atoms with Crippen LogP contribution in [0.4, 0.5) is 0 Å². The number of nitrogens with two attached hydrogens (primary N) is 1. The monoisotopic (exact) mass is 299 g/mol. The Balaban J connectivity index is 3.04. The minimum atomic E-state index is -0.0705. The molecule has 0 saturated carbocycles. The molecule has 114 valence electrons. The number of rotatable bonds is 8. The van der Waals surface area contributed by atoms with Crippen molar-refractivity contribution in [2.24, 2.45) is 11.7 Å². The zero-order valence-electron chi connectivity index (χ0n) is 12.9. The highest BCUT2D eigenvalue weighted by atomic mass is 35.5. The zero-order chi connectivity index (χ0) is 15.1. The molecule has 1 aromatic carbocycles. The van der Waals surface area contributed by atoms with Crippen LogP contribution in [0.3, 0.4) is 0 Å². The second-order valence-electron chi connectivity index (χ2n) is 5.07. The number of halogens is 1. The van der Waals surface area contributed by atoms with Crippen LogP contribution in [0.1, 0.15) is 51.1 Å². The maximum Gasteiger partial charge on any atom is 0.162 e. The third-order valence-corrected chi connectivity index (χ3v) is 4.15. The molecule has 0 aromatic heterocycles. The Kier molecular flexibility index (Phi) is 7.17. The molecule has 0 heterocycles. The van der Waals surface area contributed by atoms with Gasteiger partial charge in [-0.2, -0.15) is 0 Å². The van der Waals surface area contributed by atoms with Gasteiger partial charge in [0.05, 0.1) is 14.2 Å². The number of ether oxygens (including phenoxy) is 2. The molecule has 2 atom stereocenters. The van der Waals surface area contributed by atoms with Crippen LogP contribution in [-0.2, 0) is 0 Å². The Morgan fingerprint density at radius 2 is 1.75 bits per heavy atom. The van der Waals surface area contributed by atoms with Crippen LogP contribution >= 0.6 is 11.6 Å². The Hall–Kier alpha value is -0.930. The molecular weight excluding hydrogens is 274 g/mol. The molecule has 1 rings (SSSR count). The molecule has 0 amide bonds. The van der Waals surface area contributed by atoms with Gasteiger partial charge in [0.25, 0.3) is 0 Å². The fraction of sp³-hybridized carbons (Fsp3) is 0.625. The number of benzene rings is 1. The van der Waals surface area contributed by atoms with E-state index in [2.05, 4.69) is 13.8 Å². The molecule has 0 bridgehead atoms. The summed E-state index contributed by atoms with van der Waals surface area (Å²) >= 11 is 6.35. The van der Waals surface area contributed by atoms with Crippen LogP contribution in [0.15, 0.2) is 12.1 Å². The molecular formula is C16H26ClNO2. The van der Waals surface area contributed by atoms with Gasteiger partial charge in [0, 0.05) is 17.1 Å². The van der Waals surface area contributed by atoms with E-state index >= 15 is 0 Å². The zero-order valence-corrected chi connectivity index (χ0v) is 13.7. The van der Waals surface area contributed by atoms with Gasteiger partial charge < -0.3 is 15.2 Å². The lowest BCUT2D eigenvalue weighted by Gasteiger charge is -2.24. The van der Waals surface area contributed by atoms with Crippen LogP contribution in [0.25, 0.3) is 0 Å². The van der Waals surface area contributed by atoms with E-state index < -0.39 is 0 Å². The molecule has 3 nitrogen and oxygen atoms in total. The van der Waals surface area contributed by atoms with Gasteiger partial charge in [0.15, 0.2) is 11.5 Å². The summed E-state index contributed by atoms with van der Waals surface area (Å²) in [5.41, 5.74) is 7.36. The van der Waals surface area contributed by atoms with E-state index in [0.717, 1.165) is 18.4 Å². The molecule has 0 spiro atoms. The summed E-state index contributed by atoms with van der Waals surface area (Å²) in [4.78, 5) is 0. The maximum absolute atomic E-state index is 6.43. The maximum atomic E-state index is 6.43. The Morgan fingerprint density at radius 1 is 1.15 bits per heavy atom. The van der Waals surface area contributed by atoms with Gasteiger partial charge in [0.1, 0.15) is 0 Å². The van der Waals surface area contributed by atoms with E-state index in [9.17, 15) is 0 Å². The first kappa shape index (κ1) is 17.1. The summed E-state index contributed by atoms with van der Waals surface area (Å²) in [6.07, 6.45) is 4.55. The molecule has 4 heteroatoms. The van der Waals surface area contributed by atoms with Crippen molar-refractivity contribution in [1.82, 2.24) is 0 Å². The number of unbranched alkanes of at least 4 members (excludes halogenated alkanes) is 1. The van der Waals surface area contributed by atoms with Gasteiger partial charge in [0.2, 0.25) is 0 Å².